The summed E-state index contributed by atoms with van der Waals surface area (Å²) in [5.41, 5.74) is -0.110. The molecule has 18 heavy (non-hydrogen) atoms. The van der Waals surface area contributed by atoms with Gasteiger partial charge in [-0.2, -0.15) is 4.39 Å². The van der Waals surface area contributed by atoms with Gasteiger partial charge in [-0.3, -0.25) is 19.8 Å². The number of carboxylic acids is 1. The van der Waals surface area contributed by atoms with Gasteiger partial charge in [0.05, 0.1) is 4.92 Å². The number of aliphatic carboxylic acids is 1. The number of hydrogen-bond acceptors (Lipinski definition) is 4. The molecule has 0 fully saturated rings. The van der Waals surface area contributed by atoms with Crippen molar-refractivity contribution in [1.82, 2.24) is 4.90 Å². The van der Waals surface area contributed by atoms with E-state index in [0.717, 1.165) is 12.1 Å². The molecule has 98 valence electrons. The van der Waals surface area contributed by atoms with Crippen LogP contribution in [0, 0.1) is 15.9 Å². The summed E-state index contributed by atoms with van der Waals surface area (Å²) in [4.78, 5) is 21.9. The summed E-state index contributed by atoms with van der Waals surface area (Å²) in [6, 6.07) is 2.81. The van der Waals surface area contributed by atoms with Crippen molar-refractivity contribution in [3.8, 4) is 0 Å². The van der Waals surface area contributed by atoms with Crippen molar-refractivity contribution in [1.29, 1.82) is 0 Å². The first kappa shape index (κ1) is 14.0. The Labute approximate surface area is 103 Å². The van der Waals surface area contributed by atoms with E-state index < -0.39 is 28.4 Å². The molecule has 0 spiro atoms. The van der Waals surface area contributed by atoms with Crippen LogP contribution in [0.4, 0.5) is 10.1 Å². The van der Waals surface area contributed by atoms with Gasteiger partial charge in [-0.25, -0.2) is 0 Å². The third-order valence-electron chi connectivity index (χ3n) is 2.66. The molecule has 1 rings (SSSR count). The van der Waals surface area contributed by atoms with Gasteiger partial charge in [0.2, 0.25) is 5.82 Å². The van der Waals surface area contributed by atoms with Crippen LogP contribution in [0.3, 0.4) is 0 Å². The SMILES string of the molecule is C[C@H](C(=O)O)N(C)Cc1ccc([N+](=O)[O-])c(F)c1. The van der Waals surface area contributed by atoms with Crippen LogP contribution in [0.2, 0.25) is 0 Å². The van der Waals surface area contributed by atoms with Gasteiger partial charge in [-0.15, -0.1) is 0 Å². The summed E-state index contributed by atoms with van der Waals surface area (Å²) >= 11 is 0. The lowest BCUT2D eigenvalue weighted by atomic mass is 10.1. The monoisotopic (exact) mass is 256 g/mol. The summed E-state index contributed by atoms with van der Waals surface area (Å²) in [7, 11) is 1.58. The Kier molecular flexibility index (Phi) is 4.33. The minimum Gasteiger partial charge on any atom is -0.480 e. The van der Waals surface area contributed by atoms with E-state index in [1.807, 2.05) is 0 Å². The van der Waals surface area contributed by atoms with Crippen LogP contribution in [-0.4, -0.2) is 34.0 Å². The molecule has 1 aromatic rings. The molecule has 0 heterocycles. The van der Waals surface area contributed by atoms with E-state index in [0.29, 0.717) is 5.56 Å². The van der Waals surface area contributed by atoms with Gasteiger partial charge in [-0.05, 0) is 25.6 Å². The van der Waals surface area contributed by atoms with Crippen molar-refractivity contribution in [2.24, 2.45) is 0 Å². The topological polar surface area (TPSA) is 83.7 Å². The van der Waals surface area contributed by atoms with Crippen molar-refractivity contribution in [3.05, 3.63) is 39.7 Å². The van der Waals surface area contributed by atoms with Gasteiger partial charge in [0.1, 0.15) is 6.04 Å². The lowest BCUT2D eigenvalue weighted by molar-refractivity contribution is -0.387. The Morgan fingerprint density at radius 2 is 2.22 bits per heavy atom. The van der Waals surface area contributed by atoms with Gasteiger partial charge >= 0.3 is 11.7 Å². The van der Waals surface area contributed by atoms with Gasteiger partial charge in [0.25, 0.3) is 0 Å². The maximum atomic E-state index is 13.3. The van der Waals surface area contributed by atoms with Crippen LogP contribution < -0.4 is 0 Å². The number of carbonyl (C=O) groups is 1. The highest BCUT2D eigenvalue weighted by Gasteiger charge is 2.18. The Morgan fingerprint density at radius 3 is 2.67 bits per heavy atom. The van der Waals surface area contributed by atoms with Crippen LogP contribution in [0.25, 0.3) is 0 Å². The summed E-state index contributed by atoms with van der Waals surface area (Å²) in [6.45, 7) is 1.70. The predicted molar refractivity (Wildman–Crippen MR) is 61.6 cm³/mol. The third kappa shape index (κ3) is 3.24. The summed E-state index contributed by atoms with van der Waals surface area (Å²) in [6.07, 6.45) is 0. The van der Waals surface area contributed by atoms with Crippen LogP contribution in [0.1, 0.15) is 12.5 Å². The maximum Gasteiger partial charge on any atom is 0.320 e. The normalized spacial score (nSPS) is 12.4. The molecule has 0 bridgehead atoms. The molecule has 0 aliphatic rings. The highest BCUT2D eigenvalue weighted by atomic mass is 19.1. The molecule has 0 aliphatic carbocycles. The summed E-state index contributed by atoms with van der Waals surface area (Å²) in [5.74, 6) is -1.91. The Bertz CT molecular complexity index is 478. The minimum absolute atomic E-state index is 0.197. The fraction of sp³-hybridized carbons (Fsp3) is 0.364. The molecule has 7 heteroatoms. The van der Waals surface area contributed by atoms with E-state index in [2.05, 4.69) is 0 Å². The number of nitro groups is 1. The zero-order valence-corrected chi connectivity index (χ0v) is 9.96. The number of hydrogen-bond donors (Lipinski definition) is 1. The third-order valence-corrected chi connectivity index (χ3v) is 2.66. The second-order valence-electron chi connectivity index (χ2n) is 3.97. The quantitative estimate of drug-likeness (QED) is 0.639. The molecule has 0 saturated carbocycles. The van der Waals surface area contributed by atoms with Crippen molar-refractivity contribution >= 4 is 11.7 Å². The second-order valence-corrected chi connectivity index (χ2v) is 3.97. The Balaban J connectivity index is 2.84. The molecule has 1 N–H and O–H groups in total. The smallest absolute Gasteiger partial charge is 0.320 e. The zero-order chi connectivity index (χ0) is 13.9. The number of benzene rings is 1. The van der Waals surface area contributed by atoms with Crippen LogP contribution in [-0.2, 0) is 11.3 Å². The average molecular weight is 256 g/mol. The largest absolute Gasteiger partial charge is 0.480 e. The van der Waals surface area contributed by atoms with Gasteiger partial charge in [0.15, 0.2) is 0 Å². The molecule has 6 nitrogen and oxygen atoms in total. The molecular formula is C11H13FN2O4. The van der Waals surface area contributed by atoms with Crippen molar-refractivity contribution in [2.75, 3.05) is 7.05 Å². The lowest BCUT2D eigenvalue weighted by Gasteiger charge is -2.20. The van der Waals surface area contributed by atoms with E-state index in [-0.39, 0.29) is 6.54 Å². The molecule has 0 radical (unpaired) electrons. The molecule has 1 aromatic carbocycles. The molecule has 0 amide bonds. The number of likely N-dealkylation sites (N-methyl/N-ethyl adjacent to an activating group) is 1. The highest BCUT2D eigenvalue weighted by molar-refractivity contribution is 5.72. The van der Waals surface area contributed by atoms with Crippen LogP contribution in [0.15, 0.2) is 18.2 Å². The predicted octanol–water partition coefficient (Wildman–Crippen LogP) is 1.64. The molecule has 1 atom stereocenters. The van der Waals surface area contributed by atoms with Crippen molar-refractivity contribution in [2.45, 2.75) is 19.5 Å². The van der Waals surface area contributed by atoms with Crippen molar-refractivity contribution < 1.29 is 19.2 Å². The van der Waals surface area contributed by atoms with Gasteiger partial charge < -0.3 is 5.11 Å². The van der Waals surface area contributed by atoms with E-state index in [4.69, 9.17) is 5.11 Å². The first-order chi connectivity index (χ1) is 8.32. The molecule has 0 saturated heterocycles. The number of rotatable bonds is 5. The molecule has 0 unspecified atom stereocenters. The standard InChI is InChI=1S/C11H13FN2O4/c1-7(11(15)16)13(2)6-8-3-4-10(14(17)18)9(12)5-8/h3-5,7H,6H2,1-2H3,(H,15,16)/t7-/m1/s1. The highest BCUT2D eigenvalue weighted by Crippen LogP contribution is 2.19. The number of nitrogens with zero attached hydrogens (tertiary/aromatic N) is 2. The Morgan fingerprint density at radius 1 is 1.61 bits per heavy atom. The number of halogens is 1. The van der Waals surface area contributed by atoms with Gasteiger partial charge in [-0.1, -0.05) is 6.07 Å². The first-order valence-electron chi connectivity index (χ1n) is 5.18. The zero-order valence-electron chi connectivity index (χ0n) is 9.96. The van der Waals surface area contributed by atoms with E-state index in [1.165, 1.54) is 17.9 Å². The molecular weight excluding hydrogens is 243 g/mol. The van der Waals surface area contributed by atoms with E-state index in [9.17, 15) is 19.3 Å². The average Bonchev–Trinajstić information content (AvgIpc) is 2.27. The minimum atomic E-state index is -0.986. The molecule has 0 aliphatic heterocycles. The summed E-state index contributed by atoms with van der Waals surface area (Å²) in [5, 5.41) is 19.2. The molecule has 0 aromatic heterocycles. The van der Waals surface area contributed by atoms with Gasteiger partial charge in [0, 0.05) is 12.6 Å². The fourth-order valence-electron chi connectivity index (χ4n) is 1.41. The van der Waals surface area contributed by atoms with Crippen LogP contribution >= 0.6 is 0 Å². The van der Waals surface area contributed by atoms with E-state index in [1.54, 1.807) is 7.05 Å². The fourth-order valence-corrected chi connectivity index (χ4v) is 1.41. The van der Waals surface area contributed by atoms with Crippen molar-refractivity contribution in [3.63, 3.8) is 0 Å². The summed E-state index contributed by atoms with van der Waals surface area (Å²) < 4.78 is 13.3. The lowest BCUT2D eigenvalue weighted by Crippen LogP contribution is -2.35. The number of nitro benzene ring substituents is 1. The van der Waals surface area contributed by atoms with Crippen LogP contribution in [0.5, 0.6) is 0 Å². The second kappa shape index (κ2) is 5.54. The maximum absolute atomic E-state index is 13.3. The Hall–Kier alpha value is -2.02. The first-order valence-corrected chi connectivity index (χ1v) is 5.18. The van der Waals surface area contributed by atoms with E-state index >= 15 is 0 Å². The number of carboxylic acid groups (broad SMARTS) is 1.